The molecular formula is C28H33F. The van der Waals surface area contributed by atoms with Crippen molar-refractivity contribution in [3.05, 3.63) is 82.7 Å². The van der Waals surface area contributed by atoms with Crippen LogP contribution in [0, 0.1) is 11.7 Å². The molecule has 0 N–H and O–H groups in total. The molecular weight excluding hydrogens is 355 g/mol. The van der Waals surface area contributed by atoms with Crippen LogP contribution in [0.5, 0.6) is 0 Å². The van der Waals surface area contributed by atoms with E-state index in [-0.39, 0.29) is 16.6 Å². The number of hydrogen-bond acceptors (Lipinski definition) is 0. The maximum atomic E-state index is 14.3. The molecule has 0 spiro atoms. The van der Waals surface area contributed by atoms with Crippen molar-refractivity contribution in [3.63, 3.8) is 0 Å². The molecule has 3 aromatic rings. The van der Waals surface area contributed by atoms with Gasteiger partial charge in [-0.15, -0.1) is 0 Å². The summed E-state index contributed by atoms with van der Waals surface area (Å²) in [5, 5.41) is 1.80. The monoisotopic (exact) mass is 388 g/mol. The van der Waals surface area contributed by atoms with Gasteiger partial charge in [0.15, 0.2) is 0 Å². The van der Waals surface area contributed by atoms with Crippen LogP contribution in [-0.2, 0) is 23.7 Å². The van der Waals surface area contributed by atoms with Gasteiger partial charge in [-0.25, -0.2) is 4.39 Å². The van der Waals surface area contributed by atoms with Crippen molar-refractivity contribution in [3.8, 4) is 0 Å². The molecule has 0 fully saturated rings. The van der Waals surface area contributed by atoms with E-state index in [4.69, 9.17) is 0 Å². The van der Waals surface area contributed by atoms with Crippen molar-refractivity contribution in [1.29, 1.82) is 0 Å². The molecule has 3 aromatic carbocycles. The van der Waals surface area contributed by atoms with Gasteiger partial charge in [-0.2, -0.15) is 0 Å². The fourth-order valence-electron chi connectivity index (χ4n) is 5.44. The van der Waals surface area contributed by atoms with E-state index in [2.05, 4.69) is 58.9 Å². The maximum absolute atomic E-state index is 14.3. The molecule has 1 aliphatic rings. The summed E-state index contributed by atoms with van der Waals surface area (Å²) in [6.07, 6.45) is 4.69. The van der Waals surface area contributed by atoms with Gasteiger partial charge < -0.3 is 0 Å². The highest BCUT2D eigenvalue weighted by atomic mass is 19.1. The summed E-state index contributed by atoms with van der Waals surface area (Å²) >= 11 is 0. The van der Waals surface area contributed by atoms with Gasteiger partial charge in [-0.3, -0.25) is 0 Å². The molecule has 0 aromatic heterocycles. The minimum absolute atomic E-state index is 0.0110. The van der Waals surface area contributed by atoms with E-state index < -0.39 is 0 Å². The SMILES string of the molecule is CC(C)(C)c1cccc2c1CCC(CC(C)(C)c1ccc(F)c3ccccc13)C2. The number of rotatable bonds is 3. The zero-order chi connectivity index (χ0) is 20.8. The zero-order valence-electron chi connectivity index (χ0n) is 18.5. The molecule has 0 radical (unpaired) electrons. The van der Waals surface area contributed by atoms with Crippen LogP contribution in [0.2, 0.25) is 0 Å². The van der Waals surface area contributed by atoms with Crippen LogP contribution in [0.4, 0.5) is 4.39 Å². The Labute approximate surface area is 175 Å². The lowest BCUT2D eigenvalue weighted by molar-refractivity contribution is 0.329. The largest absolute Gasteiger partial charge is 0.206 e. The van der Waals surface area contributed by atoms with E-state index >= 15 is 0 Å². The third-order valence-corrected chi connectivity index (χ3v) is 6.79. The van der Waals surface area contributed by atoms with Crippen LogP contribution in [0.3, 0.4) is 0 Å². The lowest BCUT2D eigenvalue weighted by atomic mass is 9.69. The first-order chi connectivity index (χ1) is 13.7. The van der Waals surface area contributed by atoms with Crippen molar-refractivity contribution < 1.29 is 4.39 Å². The Hall–Kier alpha value is -2.15. The first-order valence-electron chi connectivity index (χ1n) is 11.0. The summed E-state index contributed by atoms with van der Waals surface area (Å²) in [4.78, 5) is 0. The second kappa shape index (κ2) is 7.27. The second-order valence-corrected chi connectivity index (χ2v) is 10.5. The summed E-state index contributed by atoms with van der Waals surface area (Å²) in [6, 6.07) is 18.4. The Kier molecular flexibility index (Phi) is 5.05. The fourth-order valence-corrected chi connectivity index (χ4v) is 5.44. The highest BCUT2D eigenvalue weighted by molar-refractivity contribution is 5.87. The van der Waals surface area contributed by atoms with Crippen LogP contribution < -0.4 is 0 Å². The van der Waals surface area contributed by atoms with Crippen molar-refractivity contribution in [2.24, 2.45) is 5.92 Å². The molecule has 0 nitrogen and oxygen atoms in total. The molecule has 0 amide bonds. The molecule has 0 aliphatic heterocycles. The predicted molar refractivity (Wildman–Crippen MR) is 122 cm³/mol. The van der Waals surface area contributed by atoms with Gasteiger partial charge in [0.05, 0.1) is 0 Å². The summed E-state index contributed by atoms with van der Waals surface area (Å²) in [5.74, 6) is 0.540. The van der Waals surface area contributed by atoms with Crippen LogP contribution in [0.1, 0.15) is 69.7 Å². The lowest BCUT2D eigenvalue weighted by Gasteiger charge is -2.35. The van der Waals surface area contributed by atoms with Crippen LogP contribution >= 0.6 is 0 Å². The Morgan fingerprint density at radius 1 is 0.828 bits per heavy atom. The Morgan fingerprint density at radius 3 is 2.28 bits per heavy atom. The van der Waals surface area contributed by atoms with Gasteiger partial charge in [-0.05, 0) is 76.1 Å². The molecule has 29 heavy (non-hydrogen) atoms. The second-order valence-electron chi connectivity index (χ2n) is 10.5. The summed E-state index contributed by atoms with van der Waals surface area (Å²) in [5.41, 5.74) is 6.11. The average molecular weight is 389 g/mol. The van der Waals surface area contributed by atoms with Crippen LogP contribution in [0.25, 0.3) is 10.8 Å². The third-order valence-electron chi connectivity index (χ3n) is 6.79. The van der Waals surface area contributed by atoms with Crippen molar-refractivity contribution in [1.82, 2.24) is 0 Å². The quantitative estimate of drug-likeness (QED) is 0.430. The summed E-state index contributed by atoms with van der Waals surface area (Å²) in [6.45, 7) is 11.6. The number of hydrogen-bond donors (Lipinski definition) is 0. The van der Waals surface area contributed by atoms with Crippen LogP contribution in [-0.4, -0.2) is 0 Å². The van der Waals surface area contributed by atoms with Gasteiger partial charge in [0, 0.05) is 5.39 Å². The Balaban J connectivity index is 1.62. The fraction of sp³-hybridized carbons (Fsp3) is 0.429. The average Bonchev–Trinajstić information content (AvgIpc) is 2.66. The summed E-state index contributed by atoms with van der Waals surface area (Å²) < 4.78 is 14.3. The molecule has 0 saturated carbocycles. The van der Waals surface area contributed by atoms with E-state index in [1.807, 2.05) is 24.3 Å². The molecule has 0 saturated heterocycles. The molecule has 1 aliphatic carbocycles. The molecule has 0 heterocycles. The van der Waals surface area contributed by atoms with Crippen LogP contribution in [0.15, 0.2) is 54.6 Å². The molecule has 1 atom stereocenters. The van der Waals surface area contributed by atoms with E-state index in [1.54, 1.807) is 11.6 Å². The molecule has 1 heteroatoms. The summed E-state index contributed by atoms with van der Waals surface area (Å²) in [7, 11) is 0. The first kappa shape index (κ1) is 20.1. The van der Waals surface area contributed by atoms with Gasteiger partial charge in [0.2, 0.25) is 0 Å². The molecule has 1 unspecified atom stereocenters. The number of fused-ring (bicyclic) bond motifs is 2. The van der Waals surface area contributed by atoms with Crippen molar-refractivity contribution in [2.45, 2.75) is 71.1 Å². The van der Waals surface area contributed by atoms with Gasteiger partial charge in [-0.1, -0.05) is 83.1 Å². The highest BCUT2D eigenvalue weighted by Crippen LogP contribution is 2.41. The van der Waals surface area contributed by atoms with Crippen molar-refractivity contribution in [2.75, 3.05) is 0 Å². The Bertz CT molecular complexity index is 1040. The number of halogens is 1. The standard InChI is InChI=1S/C28H33F/c1-27(2,3)24-12-8-9-20-17-19(13-14-21(20)24)18-28(4,5)25-15-16-26(29)23-11-7-6-10-22(23)25/h6-12,15-16,19H,13-14,17-18H2,1-5H3. The normalized spacial score (nSPS) is 17.4. The van der Waals surface area contributed by atoms with Gasteiger partial charge >= 0.3 is 0 Å². The Morgan fingerprint density at radius 2 is 1.55 bits per heavy atom. The predicted octanol–water partition coefficient (Wildman–Crippen LogP) is 7.75. The zero-order valence-corrected chi connectivity index (χ0v) is 18.5. The minimum Gasteiger partial charge on any atom is -0.206 e. The van der Waals surface area contributed by atoms with Gasteiger partial charge in [0.25, 0.3) is 0 Å². The topological polar surface area (TPSA) is 0 Å². The van der Waals surface area contributed by atoms with E-state index in [0.29, 0.717) is 5.92 Å². The molecule has 0 bridgehead atoms. The first-order valence-corrected chi connectivity index (χ1v) is 11.0. The molecule has 4 rings (SSSR count). The third kappa shape index (κ3) is 3.84. The maximum Gasteiger partial charge on any atom is 0.131 e. The van der Waals surface area contributed by atoms with Crippen molar-refractivity contribution >= 4 is 10.8 Å². The lowest BCUT2D eigenvalue weighted by Crippen LogP contribution is -2.27. The minimum atomic E-state index is -0.124. The van der Waals surface area contributed by atoms with Gasteiger partial charge in [0.1, 0.15) is 5.82 Å². The van der Waals surface area contributed by atoms with E-state index in [9.17, 15) is 4.39 Å². The highest BCUT2D eigenvalue weighted by Gasteiger charge is 2.31. The number of benzene rings is 3. The smallest absolute Gasteiger partial charge is 0.131 e. The van der Waals surface area contributed by atoms with E-state index in [0.717, 1.165) is 23.6 Å². The van der Waals surface area contributed by atoms with E-state index in [1.165, 1.54) is 29.5 Å². The molecule has 152 valence electrons.